The van der Waals surface area contributed by atoms with Gasteiger partial charge < -0.3 is 20.8 Å². The van der Waals surface area contributed by atoms with E-state index >= 15 is 0 Å². The number of nitrogens with zero attached hydrogens (tertiary/aromatic N) is 2. The molecule has 0 unspecified atom stereocenters. The Morgan fingerprint density at radius 3 is 2.80 bits per heavy atom. The Labute approximate surface area is 173 Å². The van der Waals surface area contributed by atoms with E-state index in [0.717, 1.165) is 42.0 Å². The zero-order valence-electron chi connectivity index (χ0n) is 16.3. The van der Waals surface area contributed by atoms with E-state index in [0.29, 0.717) is 29.1 Å². The molecule has 0 fully saturated rings. The fourth-order valence-electron chi connectivity index (χ4n) is 3.83. The normalized spacial score (nSPS) is 12.9. The van der Waals surface area contributed by atoms with Crippen LogP contribution < -0.4 is 16.4 Å². The van der Waals surface area contributed by atoms with Crippen molar-refractivity contribution in [2.45, 2.75) is 19.4 Å². The number of fused-ring (bicyclic) bond motifs is 2. The summed E-state index contributed by atoms with van der Waals surface area (Å²) < 4.78 is 5.81. The highest BCUT2D eigenvalue weighted by molar-refractivity contribution is 6.08. The number of aromatic nitrogens is 2. The lowest BCUT2D eigenvalue weighted by atomic mass is 10.1. The Kier molecular flexibility index (Phi) is 4.55. The molecule has 0 spiro atoms. The second kappa shape index (κ2) is 7.51. The van der Waals surface area contributed by atoms with Crippen molar-refractivity contribution >= 4 is 28.3 Å². The predicted octanol–water partition coefficient (Wildman–Crippen LogP) is 3.96. The third-order valence-corrected chi connectivity index (χ3v) is 5.32. The summed E-state index contributed by atoms with van der Waals surface area (Å²) in [7, 11) is 0. The number of anilines is 2. The Balaban J connectivity index is 1.58. The number of benzene rings is 2. The Hall–Kier alpha value is -3.87. The Bertz CT molecular complexity index is 1230. The first-order valence-corrected chi connectivity index (χ1v) is 9.93. The van der Waals surface area contributed by atoms with E-state index in [1.54, 1.807) is 12.1 Å². The fourth-order valence-corrected chi connectivity index (χ4v) is 3.83. The van der Waals surface area contributed by atoms with E-state index < -0.39 is 5.91 Å². The van der Waals surface area contributed by atoms with E-state index in [4.69, 9.17) is 20.1 Å². The van der Waals surface area contributed by atoms with Gasteiger partial charge in [0.2, 0.25) is 5.91 Å². The smallest absolute Gasteiger partial charge is 0.249 e. The minimum Gasteiger partial charge on any atom is -0.460 e. The van der Waals surface area contributed by atoms with Crippen LogP contribution in [-0.2, 0) is 13.0 Å². The minimum absolute atomic E-state index is 0.418. The number of furan rings is 1. The average molecular weight is 399 g/mol. The number of carbonyl (C=O) groups is 1. The summed E-state index contributed by atoms with van der Waals surface area (Å²) in [6.45, 7) is 1.53. The topological polar surface area (TPSA) is 106 Å². The Morgan fingerprint density at radius 2 is 1.97 bits per heavy atom. The zero-order valence-corrected chi connectivity index (χ0v) is 16.3. The lowest BCUT2D eigenvalue weighted by Gasteiger charge is -2.21. The van der Waals surface area contributed by atoms with Crippen LogP contribution in [0.15, 0.2) is 59.2 Å². The molecule has 4 N–H and O–H groups in total. The van der Waals surface area contributed by atoms with Gasteiger partial charge in [0.25, 0.3) is 0 Å². The number of nitrogens with one attached hydrogen (secondary N) is 2. The van der Waals surface area contributed by atoms with Crippen molar-refractivity contribution in [3.63, 3.8) is 0 Å². The van der Waals surface area contributed by atoms with Gasteiger partial charge in [-0.05, 0) is 24.5 Å². The van der Waals surface area contributed by atoms with Crippen LogP contribution in [0.3, 0.4) is 0 Å². The third kappa shape index (κ3) is 3.24. The molecular formula is C23H21N5O2. The van der Waals surface area contributed by atoms with Gasteiger partial charge in [0.15, 0.2) is 11.6 Å². The average Bonchev–Trinajstić information content (AvgIpc) is 3.22. The highest BCUT2D eigenvalue weighted by atomic mass is 16.3. The lowest BCUT2D eigenvalue weighted by Crippen LogP contribution is -2.17. The molecule has 2 aromatic heterocycles. The molecule has 150 valence electrons. The summed E-state index contributed by atoms with van der Waals surface area (Å²) in [5.41, 5.74) is 8.17. The number of hydrogen-bond acceptors (Lipinski definition) is 6. The first kappa shape index (κ1) is 18.2. The van der Waals surface area contributed by atoms with Gasteiger partial charge in [-0.15, -0.1) is 0 Å². The molecule has 1 aliphatic rings. The summed E-state index contributed by atoms with van der Waals surface area (Å²) in [5, 5.41) is 8.26. The van der Waals surface area contributed by atoms with Crippen LogP contribution in [0.5, 0.6) is 0 Å². The van der Waals surface area contributed by atoms with Gasteiger partial charge in [-0.3, -0.25) is 4.79 Å². The van der Waals surface area contributed by atoms with Gasteiger partial charge in [0, 0.05) is 29.4 Å². The van der Waals surface area contributed by atoms with Crippen LogP contribution in [0.2, 0.25) is 0 Å². The predicted molar refractivity (Wildman–Crippen MR) is 116 cm³/mol. The molecule has 7 nitrogen and oxygen atoms in total. The number of hydrogen-bond donors (Lipinski definition) is 3. The molecule has 0 aliphatic carbocycles. The molecule has 7 heteroatoms. The van der Waals surface area contributed by atoms with Crippen molar-refractivity contribution in [1.82, 2.24) is 9.97 Å². The standard InChI is InChI=1S/C23H21N5O2/c24-20(29)16-9-4-8-15-18(16)13-30-19(15)23-27-21-17(10-5-11-25-21)22(28-23)26-12-14-6-2-1-3-7-14/h1-4,6-9,13H,5,10-12H2,(H2,24,29)(H2,25,26,27,28). The molecule has 4 aromatic rings. The summed E-state index contributed by atoms with van der Waals surface area (Å²) in [5.74, 6) is 2.10. The summed E-state index contributed by atoms with van der Waals surface area (Å²) in [6.07, 6.45) is 3.48. The summed E-state index contributed by atoms with van der Waals surface area (Å²) >= 11 is 0. The fraction of sp³-hybridized carbons (Fsp3) is 0.174. The highest BCUT2D eigenvalue weighted by Crippen LogP contribution is 2.34. The molecule has 0 bridgehead atoms. The maximum absolute atomic E-state index is 11.8. The number of nitrogens with two attached hydrogens (primary N) is 1. The van der Waals surface area contributed by atoms with Crippen LogP contribution >= 0.6 is 0 Å². The molecule has 0 radical (unpaired) electrons. The van der Waals surface area contributed by atoms with Crippen LogP contribution in [-0.4, -0.2) is 22.4 Å². The largest absolute Gasteiger partial charge is 0.460 e. The maximum Gasteiger partial charge on any atom is 0.249 e. The lowest BCUT2D eigenvalue weighted by molar-refractivity contribution is 0.100. The second-order valence-electron chi connectivity index (χ2n) is 7.29. The van der Waals surface area contributed by atoms with E-state index in [1.807, 2.05) is 24.3 Å². The highest BCUT2D eigenvalue weighted by Gasteiger charge is 2.22. The van der Waals surface area contributed by atoms with Crippen LogP contribution in [0.1, 0.15) is 27.9 Å². The van der Waals surface area contributed by atoms with Gasteiger partial charge in [0.1, 0.15) is 17.9 Å². The molecular weight excluding hydrogens is 378 g/mol. The maximum atomic E-state index is 11.8. The van der Waals surface area contributed by atoms with Crippen molar-refractivity contribution in [3.8, 4) is 11.6 Å². The first-order valence-electron chi connectivity index (χ1n) is 9.93. The summed E-state index contributed by atoms with van der Waals surface area (Å²) in [4.78, 5) is 21.3. The van der Waals surface area contributed by atoms with Gasteiger partial charge >= 0.3 is 0 Å². The van der Waals surface area contributed by atoms with Crippen LogP contribution in [0.25, 0.3) is 22.4 Å². The first-order chi connectivity index (χ1) is 14.7. The molecule has 0 saturated carbocycles. The van der Waals surface area contributed by atoms with Crippen molar-refractivity contribution in [1.29, 1.82) is 0 Å². The molecule has 5 rings (SSSR count). The Morgan fingerprint density at radius 1 is 1.10 bits per heavy atom. The SMILES string of the molecule is NC(=O)c1cccc2c(-c3nc4c(c(NCc5ccccc5)n3)CCCN4)occ12. The van der Waals surface area contributed by atoms with Crippen molar-refractivity contribution < 1.29 is 9.21 Å². The van der Waals surface area contributed by atoms with E-state index in [-0.39, 0.29) is 0 Å². The summed E-state index contributed by atoms with van der Waals surface area (Å²) in [6, 6.07) is 15.5. The van der Waals surface area contributed by atoms with Gasteiger partial charge in [-0.25, -0.2) is 9.97 Å². The van der Waals surface area contributed by atoms with Gasteiger partial charge in [0.05, 0.1) is 5.56 Å². The molecule has 1 aliphatic heterocycles. The number of carbonyl (C=O) groups excluding carboxylic acids is 1. The van der Waals surface area contributed by atoms with Crippen LogP contribution in [0.4, 0.5) is 11.6 Å². The quantitative estimate of drug-likeness (QED) is 0.469. The number of amides is 1. The second-order valence-corrected chi connectivity index (χ2v) is 7.29. The van der Waals surface area contributed by atoms with E-state index in [2.05, 4.69) is 22.8 Å². The third-order valence-electron chi connectivity index (χ3n) is 5.32. The molecule has 0 saturated heterocycles. The van der Waals surface area contributed by atoms with Gasteiger partial charge in [-0.2, -0.15) is 0 Å². The minimum atomic E-state index is -0.494. The van der Waals surface area contributed by atoms with Crippen molar-refractivity contribution in [2.24, 2.45) is 5.73 Å². The molecule has 0 atom stereocenters. The monoisotopic (exact) mass is 399 g/mol. The zero-order chi connectivity index (χ0) is 20.5. The van der Waals surface area contributed by atoms with E-state index in [1.165, 1.54) is 11.8 Å². The molecule has 3 heterocycles. The van der Waals surface area contributed by atoms with Gasteiger partial charge in [-0.1, -0.05) is 42.5 Å². The molecule has 2 aromatic carbocycles. The van der Waals surface area contributed by atoms with Crippen molar-refractivity contribution in [3.05, 3.63) is 71.5 Å². The number of primary amides is 1. The van der Waals surface area contributed by atoms with Crippen molar-refractivity contribution in [2.75, 3.05) is 17.2 Å². The van der Waals surface area contributed by atoms with E-state index in [9.17, 15) is 4.79 Å². The molecule has 30 heavy (non-hydrogen) atoms. The van der Waals surface area contributed by atoms with Crippen LogP contribution in [0, 0.1) is 0 Å². The molecule has 1 amide bonds. The number of rotatable bonds is 5.